The summed E-state index contributed by atoms with van der Waals surface area (Å²) in [5.74, 6) is -0.249. The van der Waals surface area contributed by atoms with E-state index in [2.05, 4.69) is 6.92 Å². The van der Waals surface area contributed by atoms with Crippen molar-refractivity contribution in [2.24, 2.45) is 0 Å². The second kappa shape index (κ2) is 5.81. The van der Waals surface area contributed by atoms with Gasteiger partial charge in [-0.15, -0.1) is 0 Å². The van der Waals surface area contributed by atoms with Crippen molar-refractivity contribution in [3.63, 3.8) is 0 Å². The normalized spacial score (nSPS) is 20.9. The minimum absolute atomic E-state index is 0.107. The van der Waals surface area contributed by atoms with Gasteiger partial charge in [-0.1, -0.05) is 26.2 Å². The van der Waals surface area contributed by atoms with Crippen LogP contribution in [0.15, 0.2) is 11.6 Å². The molecule has 0 saturated carbocycles. The number of rotatable bonds is 6. The lowest BCUT2D eigenvalue weighted by Gasteiger charge is -2.01. The fourth-order valence-corrected chi connectivity index (χ4v) is 1.56. The van der Waals surface area contributed by atoms with Crippen LogP contribution in [0, 0.1) is 0 Å². The fraction of sp³-hybridized carbons (Fsp3) is 0.727. The summed E-state index contributed by atoms with van der Waals surface area (Å²) in [6.45, 7) is 2.05. The molecule has 3 nitrogen and oxygen atoms in total. The van der Waals surface area contributed by atoms with Crippen molar-refractivity contribution in [3.05, 3.63) is 11.6 Å². The zero-order valence-corrected chi connectivity index (χ0v) is 8.66. The Morgan fingerprint density at radius 2 is 2.21 bits per heavy atom. The molecule has 0 aromatic carbocycles. The minimum atomic E-state index is -0.399. The van der Waals surface area contributed by atoms with Crippen LogP contribution >= 0.6 is 0 Å². The van der Waals surface area contributed by atoms with Crippen molar-refractivity contribution >= 4 is 5.97 Å². The standard InChI is InChI=1S/C11H18O3/c1-2-3-4-5-6-9-7-10(8-12)14-11(9)13/h7,10,12H,2-6,8H2,1H3. The molecule has 0 aliphatic carbocycles. The number of esters is 1. The summed E-state index contributed by atoms with van der Waals surface area (Å²) in [5, 5.41) is 8.79. The van der Waals surface area contributed by atoms with Crippen LogP contribution in [0.4, 0.5) is 0 Å². The van der Waals surface area contributed by atoms with Crippen molar-refractivity contribution in [1.29, 1.82) is 0 Å². The van der Waals surface area contributed by atoms with Crippen LogP contribution in [0.25, 0.3) is 0 Å². The lowest BCUT2D eigenvalue weighted by atomic mass is 10.1. The molecule has 0 aromatic rings. The summed E-state index contributed by atoms with van der Waals surface area (Å²) in [6, 6.07) is 0. The van der Waals surface area contributed by atoms with Gasteiger partial charge >= 0.3 is 5.97 Å². The second-order valence-corrected chi connectivity index (χ2v) is 3.63. The number of ether oxygens (including phenoxy) is 1. The van der Waals surface area contributed by atoms with Gasteiger partial charge in [-0.25, -0.2) is 4.79 Å². The molecule has 0 fully saturated rings. The molecule has 1 aliphatic heterocycles. The molecule has 0 saturated heterocycles. The third-order valence-corrected chi connectivity index (χ3v) is 2.39. The first-order valence-electron chi connectivity index (χ1n) is 5.30. The van der Waals surface area contributed by atoms with Crippen molar-refractivity contribution in [1.82, 2.24) is 0 Å². The van der Waals surface area contributed by atoms with E-state index in [0.29, 0.717) is 0 Å². The van der Waals surface area contributed by atoms with Gasteiger partial charge in [0.2, 0.25) is 0 Å². The van der Waals surface area contributed by atoms with Crippen molar-refractivity contribution < 1.29 is 14.6 Å². The molecule has 80 valence electrons. The van der Waals surface area contributed by atoms with Crippen LogP contribution in [0.2, 0.25) is 0 Å². The summed E-state index contributed by atoms with van der Waals surface area (Å²) in [6.07, 6.45) is 6.74. The first kappa shape index (κ1) is 11.2. The fourth-order valence-electron chi connectivity index (χ4n) is 1.56. The molecule has 0 radical (unpaired) electrons. The Morgan fingerprint density at radius 3 is 2.79 bits per heavy atom. The van der Waals surface area contributed by atoms with Gasteiger partial charge < -0.3 is 9.84 Å². The zero-order chi connectivity index (χ0) is 10.4. The monoisotopic (exact) mass is 198 g/mol. The third-order valence-electron chi connectivity index (χ3n) is 2.39. The molecule has 0 bridgehead atoms. The summed E-state index contributed by atoms with van der Waals surface area (Å²) in [7, 11) is 0. The van der Waals surface area contributed by atoms with Gasteiger partial charge in [0.1, 0.15) is 6.10 Å². The van der Waals surface area contributed by atoms with Crippen LogP contribution in [-0.4, -0.2) is 23.8 Å². The minimum Gasteiger partial charge on any atom is -0.452 e. The van der Waals surface area contributed by atoms with Crippen LogP contribution in [0.1, 0.15) is 39.0 Å². The maximum atomic E-state index is 11.2. The Kier molecular flexibility index (Phi) is 4.66. The van der Waals surface area contributed by atoms with E-state index < -0.39 is 6.10 Å². The smallest absolute Gasteiger partial charge is 0.334 e. The van der Waals surface area contributed by atoms with Crippen molar-refractivity contribution in [3.8, 4) is 0 Å². The van der Waals surface area contributed by atoms with Crippen LogP contribution in [0.5, 0.6) is 0 Å². The molecule has 1 N–H and O–H groups in total. The summed E-state index contributed by atoms with van der Waals surface area (Å²) < 4.78 is 4.90. The number of aliphatic hydroxyl groups is 1. The number of carbonyl (C=O) groups excluding carboxylic acids is 1. The average molecular weight is 198 g/mol. The molecule has 0 amide bonds. The highest BCUT2D eigenvalue weighted by atomic mass is 16.6. The summed E-state index contributed by atoms with van der Waals surface area (Å²) >= 11 is 0. The highest BCUT2D eigenvalue weighted by Crippen LogP contribution is 2.19. The summed E-state index contributed by atoms with van der Waals surface area (Å²) in [4.78, 5) is 11.2. The van der Waals surface area contributed by atoms with Gasteiger partial charge in [0.15, 0.2) is 0 Å². The Balaban J connectivity index is 2.26. The molecule has 0 aromatic heterocycles. The quantitative estimate of drug-likeness (QED) is 0.523. The number of hydrogen-bond acceptors (Lipinski definition) is 3. The van der Waals surface area contributed by atoms with Crippen LogP contribution in [-0.2, 0) is 9.53 Å². The van der Waals surface area contributed by atoms with Crippen molar-refractivity contribution in [2.45, 2.75) is 45.1 Å². The first-order valence-corrected chi connectivity index (χ1v) is 5.30. The maximum Gasteiger partial charge on any atom is 0.334 e. The second-order valence-electron chi connectivity index (χ2n) is 3.63. The number of carbonyl (C=O) groups is 1. The average Bonchev–Trinajstić information content (AvgIpc) is 2.54. The number of cyclic esters (lactones) is 1. The van der Waals surface area contributed by atoms with Gasteiger partial charge in [-0.05, 0) is 18.9 Å². The van der Waals surface area contributed by atoms with E-state index in [-0.39, 0.29) is 12.6 Å². The third kappa shape index (κ3) is 3.14. The predicted molar refractivity (Wildman–Crippen MR) is 53.8 cm³/mol. The molecule has 3 heteroatoms. The van der Waals surface area contributed by atoms with Gasteiger partial charge in [-0.3, -0.25) is 0 Å². The molecule has 1 rings (SSSR count). The van der Waals surface area contributed by atoms with Gasteiger partial charge in [-0.2, -0.15) is 0 Å². The molecule has 14 heavy (non-hydrogen) atoms. The van der Waals surface area contributed by atoms with Gasteiger partial charge in [0.05, 0.1) is 6.61 Å². The highest BCUT2D eigenvalue weighted by molar-refractivity contribution is 5.90. The molecule has 1 aliphatic rings. The van der Waals surface area contributed by atoms with E-state index in [0.717, 1.165) is 24.8 Å². The maximum absolute atomic E-state index is 11.2. The lowest BCUT2D eigenvalue weighted by molar-refractivity contribution is -0.141. The van der Waals surface area contributed by atoms with Gasteiger partial charge in [0.25, 0.3) is 0 Å². The van der Waals surface area contributed by atoms with E-state index in [4.69, 9.17) is 9.84 Å². The molecule has 1 heterocycles. The van der Waals surface area contributed by atoms with Crippen molar-refractivity contribution in [2.75, 3.05) is 6.61 Å². The molecule has 1 atom stereocenters. The largest absolute Gasteiger partial charge is 0.452 e. The van der Waals surface area contributed by atoms with Crippen LogP contribution in [0.3, 0.4) is 0 Å². The van der Waals surface area contributed by atoms with E-state index in [1.807, 2.05) is 0 Å². The molecular weight excluding hydrogens is 180 g/mol. The molecular formula is C11H18O3. The van der Waals surface area contributed by atoms with E-state index in [9.17, 15) is 4.79 Å². The molecule has 0 spiro atoms. The summed E-state index contributed by atoms with van der Waals surface area (Å²) in [5.41, 5.74) is 0.736. The number of hydrogen-bond donors (Lipinski definition) is 1. The Hall–Kier alpha value is -0.830. The zero-order valence-electron chi connectivity index (χ0n) is 8.66. The lowest BCUT2D eigenvalue weighted by Crippen LogP contribution is -2.12. The Bertz CT molecular complexity index is 221. The van der Waals surface area contributed by atoms with E-state index in [1.54, 1.807) is 6.08 Å². The SMILES string of the molecule is CCCCCCC1=CC(CO)OC1=O. The van der Waals surface area contributed by atoms with E-state index >= 15 is 0 Å². The Morgan fingerprint density at radius 1 is 1.43 bits per heavy atom. The first-order chi connectivity index (χ1) is 6.77. The predicted octanol–water partition coefficient (Wildman–Crippen LogP) is 1.80. The highest BCUT2D eigenvalue weighted by Gasteiger charge is 2.23. The topological polar surface area (TPSA) is 46.5 Å². The number of aliphatic hydroxyl groups excluding tert-OH is 1. The van der Waals surface area contributed by atoms with Gasteiger partial charge in [0, 0.05) is 5.57 Å². The Labute approximate surface area is 84.8 Å². The molecule has 1 unspecified atom stereocenters. The number of unbranched alkanes of at least 4 members (excludes halogenated alkanes) is 3. The van der Waals surface area contributed by atoms with E-state index in [1.165, 1.54) is 12.8 Å². The van der Waals surface area contributed by atoms with Crippen LogP contribution < -0.4 is 0 Å².